The van der Waals surface area contributed by atoms with Crippen LogP contribution in [-0.4, -0.2) is 51.5 Å². The molecular weight excluding hydrogens is 492 g/mol. The number of amides is 1. The quantitative estimate of drug-likeness (QED) is 0.288. The summed E-state index contributed by atoms with van der Waals surface area (Å²) >= 11 is 0. The number of nitrogens with one attached hydrogen (secondary N) is 3. The van der Waals surface area contributed by atoms with E-state index in [1.807, 2.05) is 59.2 Å². The molecule has 0 saturated carbocycles. The fourth-order valence-corrected chi connectivity index (χ4v) is 5.53. The van der Waals surface area contributed by atoms with E-state index in [9.17, 15) is 9.59 Å². The maximum absolute atomic E-state index is 13.6. The van der Waals surface area contributed by atoms with E-state index < -0.39 is 0 Å². The Kier molecular flexibility index (Phi) is 5.78. The molecule has 0 unspecified atom stereocenters. The van der Waals surface area contributed by atoms with Crippen molar-refractivity contribution in [1.29, 1.82) is 0 Å². The number of fused-ring (bicyclic) bond motifs is 3. The third-order valence-electron chi connectivity index (χ3n) is 7.50. The molecule has 1 saturated heterocycles. The van der Waals surface area contributed by atoms with Gasteiger partial charge in [-0.3, -0.25) is 9.59 Å². The number of likely N-dealkylation sites (tertiary alicyclic amines) is 1. The summed E-state index contributed by atoms with van der Waals surface area (Å²) in [6.07, 6.45) is 4.04. The van der Waals surface area contributed by atoms with E-state index in [0.29, 0.717) is 35.5 Å². The summed E-state index contributed by atoms with van der Waals surface area (Å²) in [7, 11) is 0. The molecule has 4 heterocycles. The SMILES string of the molecule is O=C(NCCN1CCCC1)c1cn2c3c(c(NCc4nc5ccccc5[nH]4)ccc3c1=O)Oc1ccccc1-2. The van der Waals surface area contributed by atoms with Crippen molar-refractivity contribution in [3.63, 3.8) is 0 Å². The Hall–Kier alpha value is -4.63. The van der Waals surface area contributed by atoms with Gasteiger partial charge in [-0.05, 0) is 62.3 Å². The van der Waals surface area contributed by atoms with Crippen LogP contribution in [0.15, 0.2) is 71.7 Å². The highest BCUT2D eigenvalue weighted by Crippen LogP contribution is 2.43. The molecule has 9 heteroatoms. The Morgan fingerprint density at radius 3 is 2.72 bits per heavy atom. The molecule has 0 atom stereocenters. The van der Waals surface area contributed by atoms with Gasteiger partial charge in [-0.1, -0.05) is 24.3 Å². The van der Waals surface area contributed by atoms with Crippen LogP contribution in [0, 0.1) is 0 Å². The Morgan fingerprint density at radius 2 is 1.85 bits per heavy atom. The molecule has 3 aromatic carbocycles. The molecule has 0 radical (unpaired) electrons. The van der Waals surface area contributed by atoms with Gasteiger partial charge in [0.15, 0.2) is 11.5 Å². The molecule has 5 aromatic rings. The molecule has 2 aromatic heterocycles. The van der Waals surface area contributed by atoms with Crippen LogP contribution in [0.3, 0.4) is 0 Å². The average Bonchev–Trinajstić information content (AvgIpc) is 3.63. The summed E-state index contributed by atoms with van der Waals surface area (Å²) in [4.78, 5) is 37.0. The summed E-state index contributed by atoms with van der Waals surface area (Å²) in [5.74, 6) is 1.62. The highest BCUT2D eigenvalue weighted by molar-refractivity contribution is 6.01. The van der Waals surface area contributed by atoms with Crippen molar-refractivity contribution in [3.05, 3.63) is 88.5 Å². The van der Waals surface area contributed by atoms with Gasteiger partial charge in [0.1, 0.15) is 16.9 Å². The Balaban J connectivity index is 1.24. The van der Waals surface area contributed by atoms with Crippen molar-refractivity contribution in [2.24, 2.45) is 0 Å². The molecular formula is C30H28N6O3. The zero-order chi connectivity index (χ0) is 26.3. The van der Waals surface area contributed by atoms with Crippen molar-refractivity contribution in [1.82, 2.24) is 24.8 Å². The van der Waals surface area contributed by atoms with E-state index >= 15 is 0 Å². The van der Waals surface area contributed by atoms with Crippen molar-refractivity contribution in [3.8, 4) is 17.2 Å². The summed E-state index contributed by atoms with van der Waals surface area (Å²) < 4.78 is 8.24. The van der Waals surface area contributed by atoms with E-state index in [0.717, 1.165) is 47.9 Å². The van der Waals surface area contributed by atoms with E-state index in [2.05, 4.69) is 25.5 Å². The van der Waals surface area contributed by atoms with Gasteiger partial charge in [-0.15, -0.1) is 0 Å². The minimum Gasteiger partial charge on any atom is -0.451 e. The standard InChI is InChI=1S/C30H28N6O3/c37-28-19-11-12-23(32-17-26-33-21-7-1-2-8-22(21)34-26)29-27(19)36(24-9-3-4-10-25(24)39-29)18-20(28)30(38)31-13-16-35-14-5-6-15-35/h1-4,7-12,18,32H,5-6,13-17H2,(H,31,38)(H,33,34). The highest BCUT2D eigenvalue weighted by Gasteiger charge is 2.26. The lowest BCUT2D eigenvalue weighted by Gasteiger charge is -2.25. The number of rotatable bonds is 7. The number of para-hydroxylation sites is 4. The number of hydrogen-bond donors (Lipinski definition) is 3. The van der Waals surface area contributed by atoms with Gasteiger partial charge in [0, 0.05) is 19.3 Å². The lowest BCUT2D eigenvalue weighted by Crippen LogP contribution is -2.36. The molecule has 2 aliphatic heterocycles. The second kappa shape index (κ2) is 9.59. The van der Waals surface area contributed by atoms with Crippen LogP contribution in [0.4, 0.5) is 5.69 Å². The molecule has 0 aliphatic carbocycles. The van der Waals surface area contributed by atoms with Crippen LogP contribution in [0.2, 0.25) is 0 Å². The van der Waals surface area contributed by atoms with Crippen molar-refractivity contribution in [2.45, 2.75) is 19.4 Å². The van der Waals surface area contributed by atoms with Crippen LogP contribution < -0.4 is 20.8 Å². The number of anilines is 1. The number of aromatic amines is 1. The second-order valence-electron chi connectivity index (χ2n) is 10.0. The number of imidazole rings is 1. The number of H-pyrrole nitrogens is 1. The first kappa shape index (κ1) is 23.5. The van der Waals surface area contributed by atoms with E-state index in [1.165, 1.54) is 12.8 Å². The second-order valence-corrected chi connectivity index (χ2v) is 10.0. The Labute approximate surface area is 224 Å². The lowest BCUT2D eigenvalue weighted by molar-refractivity contribution is 0.0948. The number of carbonyl (C=O) groups is 1. The van der Waals surface area contributed by atoms with Crippen molar-refractivity contribution < 1.29 is 9.53 Å². The summed E-state index contributed by atoms with van der Waals surface area (Å²) in [5, 5.41) is 6.80. The Morgan fingerprint density at radius 1 is 1.03 bits per heavy atom. The van der Waals surface area contributed by atoms with Gasteiger partial charge in [0.05, 0.1) is 34.3 Å². The number of hydrogen-bond acceptors (Lipinski definition) is 6. The van der Waals surface area contributed by atoms with Crippen LogP contribution in [-0.2, 0) is 6.54 Å². The smallest absolute Gasteiger partial charge is 0.256 e. The number of carbonyl (C=O) groups excluding carboxylic acids is 1. The molecule has 1 amide bonds. The maximum atomic E-state index is 13.6. The van der Waals surface area contributed by atoms with Gasteiger partial charge in [-0.2, -0.15) is 0 Å². The molecule has 9 nitrogen and oxygen atoms in total. The zero-order valence-corrected chi connectivity index (χ0v) is 21.4. The maximum Gasteiger partial charge on any atom is 0.256 e. The van der Waals surface area contributed by atoms with E-state index in [4.69, 9.17) is 4.74 Å². The number of nitrogens with zero attached hydrogens (tertiary/aromatic N) is 3. The number of ether oxygens (including phenoxy) is 1. The minimum atomic E-state index is -0.359. The monoisotopic (exact) mass is 520 g/mol. The predicted octanol–water partition coefficient (Wildman–Crippen LogP) is 4.41. The first-order chi connectivity index (χ1) is 19.2. The summed E-state index contributed by atoms with van der Waals surface area (Å²) in [6, 6.07) is 19.1. The van der Waals surface area contributed by atoms with E-state index in [1.54, 1.807) is 12.3 Å². The molecule has 0 bridgehead atoms. The molecule has 1 fully saturated rings. The number of pyridine rings is 1. The number of benzene rings is 3. The summed E-state index contributed by atoms with van der Waals surface area (Å²) in [6.45, 7) is 3.86. The first-order valence-corrected chi connectivity index (χ1v) is 13.3. The van der Waals surface area contributed by atoms with E-state index in [-0.39, 0.29) is 16.9 Å². The van der Waals surface area contributed by atoms with Crippen molar-refractivity contribution in [2.75, 3.05) is 31.5 Å². The largest absolute Gasteiger partial charge is 0.451 e. The van der Waals surface area contributed by atoms with Gasteiger partial charge in [0.25, 0.3) is 5.91 Å². The molecule has 7 rings (SSSR count). The van der Waals surface area contributed by atoms with Gasteiger partial charge in [0.2, 0.25) is 5.43 Å². The fraction of sp³-hybridized carbons (Fsp3) is 0.233. The van der Waals surface area contributed by atoms with Gasteiger partial charge < -0.3 is 29.8 Å². The number of aromatic nitrogens is 3. The summed E-state index contributed by atoms with van der Waals surface area (Å²) in [5.41, 5.74) is 3.81. The van der Waals surface area contributed by atoms with Gasteiger partial charge >= 0.3 is 0 Å². The van der Waals surface area contributed by atoms with Crippen LogP contribution in [0.5, 0.6) is 11.5 Å². The van der Waals surface area contributed by atoms with Crippen LogP contribution in [0.1, 0.15) is 29.0 Å². The molecule has 196 valence electrons. The average molecular weight is 521 g/mol. The van der Waals surface area contributed by atoms with Crippen LogP contribution in [0.25, 0.3) is 27.6 Å². The van der Waals surface area contributed by atoms with Crippen molar-refractivity contribution >= 4 is 33.5 Å². The van der Waals surface area contributed by atoms with Crippen LogP contribution >= 0.6 is 0 Å². The fourth-order valence-electron chi connectivity index (χ4n) is 5.53. The predicted molar refractivity (Wildman–Crippen MR) is 151 cm³/mol. The normalized spacial score (nSPS) is 14.4. The van der Waals surface area contributed by atoms with Gasteiger partial charge in [-0.25, -0.2) is 4.98 Å². The highest BCUT2D eigenvalue weighted by atomic mass is 16.5. The minimum absolute atomic E-state index is 0.120. The molecule has 2 aliphatic rings. The molecule has 39 heavy (non-hydrogen) atoms. The molecule has 0 spiro atoms. The third-order valence-corrected chi connectivity index (χ3v) is 7.50. The Bertz CT molecular complexity index is 1750. The zero-order valence-electron chi connectivity index (χ0n) is 21.4. The topological polar surface area (TPSA) is 104 Å². The molecule has 3 N–H and O–H groups in total. The lowest BCUT2D eigenvalue weighted by atomic mass is 10.1. The third kappa shape index (κ3) is 4.21. The first-order valence-electron chi connectivity index (χ1n) is 13.3.